The Morgan fingerprint density at radius 2 is 1.13 bits per heavy atom. The van der Waals surface area contributed by atoms with Gasteiger partial charge < -0.3 is 9.47 Å². The summed E-state index contributed by atoms with van der Waals surface area (Å²) >= 11 is 6.01. The van der Waals surface area contributed by atoms with Gasteiger partial charge in [-0.15, -0.1) is 0 Å². The van der Waals surface area contributed by atoms with Gasteiger partial charge in [-0.05, 0) is 81.9 Å². The summed E-state index contributed by atoms with van der Waals surface area (Å²) in [5.41, 5.74) is 4.08. The van der Waals surface area contributed by atoms with Crippen LogP contribution < -0.4 is 9.47 Å². The van der Waals surface area contributed by atoms with E-state index in [0.717, 1.165) is 55.3 Å². The fraction of sp³-hybridized carbons (Fsp3) is 0.0556. The number of ether oxygens (including phenoxy) is 2. The molecular formula is C36H25ClO2. The molecule has 0 fully saturated rings. The topological polar surface area (TPSA) is 18.5 Å². The van der Waals surface area contributed by atoms with E-state index >= 15 is 0 Å². The monoisotopic (exact) mass is 524 g/mol. The molecule has 3 heteroatoms. The summed E-state index contributed by atoms with van der Waals surface area (Å²) in [6.07, 6.45) is 0. The Morgan fingerprint density at radius 1 is 0.513 bits per heavy atom. The maximum absolute atomic E-state index is 6.46. The van der Waals surface area contributed by atoms with Crippen LogP contribution in [0.2, 0.25) is 5.02 Å². The Morgan fingerprint density at radius 3 is 1.85 bits per heavy atom. The van der Waals surface area contributed by atoms with Crippen molar-refractivity contribution in [3.05, 3.63) is 155 Å². The van der Waals surface area contributed by atoms with E-state index in [1.54, 1.807) is 0 Å². The summed E-state index contributed by atoms with van der Waals surface area (Å²) in [5.74, 6) is 7.98. The van der Waals surface area contributed by atoms with Crippen molar-refractivity contribution in [2.75, 3.05) is 0 Å². The van der Waals surface area contributed by atoms with Crippen molar-refractivity contribution in [3.63, 3.8) is 0 Å². The van der Waals surface area contributed by atoms with Crippen LogP contribution in [0.5, 0.6) is 11.5 Å². The highest BCUT2D eigenvalue weighted by Crippen LogP contribution is 2.39. The molecule has 6 rings (SSSR count). The number of fused-ring (bicyclic) bond motifs is 2. The fourth-order valence-corrected chi connectivity index (χ4v) is 4.63. The average Bonchev–Trinajstić information content (AvgIpc) is 2.99. The molecule has 0 radical (unpaired) electrons. The molecular weight excluding hydrogens is 500 g/mol. The van der Waals surface area contributed by atoms with E-state index in [4.69, 9.17) is 21.1 Å². The summed E-state index contributed by atoms with van der Waals surface area (Å²) in [6.45, 7) is 0.915. The van der Waals surface area contributed by atoms with Gasteiger partial charge in [0.2, 0.25) is 0 Å². The highest BCUT2D eigenvalue weighted by Gasteiger charge is 2.13. The second-order valence-electron chi connectivity index (χ2n) is 9.33. The van der Waals surface area contributed by atoms with Gasteiger partial charge in [0.15, 0.2) is 11.5 Å². The predicted molar refractivity (Wildman–Crippen MR) is 160 cm³/mol. The van der Waals surface area contributed by atoms with Crippen LogP contribution >= 0.6 is 11.6 Å². The van der Waals surface area contributed by atoms with Gasteiger partial charge in [-0.1, -0.05) is 96.2 Å². The van der Waals surface area contributed by atoms with E-state index in [9.17, 15) is 0 Å². The SMILES string of the molecule is Clc1ccc(C#Cc2ccc3cc4ccc(OCc5ccccc5)c(OCc5ccccc5)c4cc3c2)cc1. The molecule has 0 spiro atoms. The first-order valence-corrected chi connectivity index (χ1v) is 13.2. The molecule has 0 aliphatic carbocycles. The molecule has 0 unspecified atom stereocenters. The number of hydrogen-bond acceptors (Lipinski definition) is 2. The zero-order valence-electron chi connectivity index (χ0n) is 21.2. The number of hydrogen-bond donors (Lipinski definition) is 0. The Labute approximate surface area is 233 Å². The van der Waals surface area contributed by atoms with Crippen molar-refractivity contribution in [2.24, 2.45) is 0 Å². The Bertz CT molecular complexity index is 1800. The van der Waals surface area contributed by atoms with Crippen molar-refractivity contribution in [1.82, 2.24) is 0 Å². The third-order valence-electron chi connectivity index (χ3n) is 6.55. The third kappa shape index (κ3) is 5.91. The van der Waals surface area contributed by atoms with Crippen LogP contribution in [0.15, 0.2) is 127 Å². The fourth-order valence-electron chi connectivity index (χ4n) is 4.51. The first kappa shape index (κ1) is 24.6. The minimum absolute atomic E-state index is 0.451. The van der Waals surface area contributed by atoms with Crippen molar-refractivity contribution in [2.45, 2.75) is 13.2 Å². The van der Waals surface area contributed by atoms with E-state index in [-0.39, 0.29) is 0 Å². The van der Waals surface area contributed by atoms with Crippen LogP contribution in [-0.4, -0.2) is 0 Å². The molecule has 0 heterocycles. The van der Waals surface area contributed by atoms with Crippen LogP contribution in [0, 0.1) is 11.8 Å². The van der Waals surface area contributed by atoms with E-state index in [2.05, 4.69) is 72.5 Å². The second kappa shape index (κ2) is 11.4. The lowest BCUT2D eigenvalue weighted by Gasteiger charge is -2.16. The first-order valence-electron chi connectivity index (χ1n) is 12.8. The molecule has 0 atom stereocenters. The van der Waals surface area contributed by atoms with Crippen molar-refractivity contribution in [3.8, 4) is 23.3 Å². The van der Waals surface area contributed by atoms with Gasteiger partial charge in [-0.25, -0.2) is 0 Å². The van der Waals surface area contributed by atoms with Crippen LogP contribution in [-0.2, 0) is 13.2 Å². The molecule has 0 bridgehead atoms. The second-order valence-corrected chi connectivity index (χ2v) is 9.77. The smallest absolute Gasteiger partial charge is 0.169 e. The molecule has 188 valence electrons. The highest BCUT2D eigenvalue weighted by atomic mass is 35.5. The maximum atomic E-state index is 6.46. The molecule has 0 N–H and O–H groups in total. The van der Waals surface area contributed by atoms with Crippen molar-refractivity contribution < 1.29 is 9.47 Å². The van der Waals surface area contributed by atoms with Gasteiger partial charge in [0.05, 0.1) is 0 Å². The van der Waals surface area contributed by atoms with Crippen molar-refractivity contribution >= 4 is 33.1 Å². The molecule has 0 aromatic heterocycles. The first-order chi connectivity index (χ1) is 19.2. The summed E-state index contributed by atoms with van der Waals surface area (Å²) in [6, 6.07) is 42.7. The summed E-state index contributed by atoms with van der Waals surface area (Å²) in [4.78, 5) is 0. The lowest BCUT2D eigenvalue weighted by Crippen LogP contribution is -2.01. The molecule has 0 saturated carbocycles. The summed E-state index contributed by atoms with van der Waals surface area (Å²) in [5, 5.41) is 5.04. The highest BCUT2D eigenvalue weighted by molar-refractivity contribution is 6.30. The minimum Gasteiger partial charge on any atom is -0.485 e. The molecule has 0 saturated heterocycles. The molecule has 0 amide bonds. The van der Waals surface area contributed by atoms with Gasteiger partial charge in [-0.2, -0.15) is 0 Å². The number of benzene rings is 6. The molecule has 39 heavy (non-hydrogen) atoms. The number of halogens is 1. The Hall–Kier alpha value is -4.71. The Balaban J connectivity index is 1.38. The largest absolute Gasteiger partial charge is 0.485 e. The van der Waals surface area contributed by atoms with E-state index in [1.165, 1.54) is 0 Å². The van der Waals surface area contributed by atoms with Gasteiger partial charge in [0, 0.05) is 21.5 Å². The maximum Gasteiger partial charge on any atom is 0.169 e. The van der Waals surface area contributed by atoms with E-state index < -0.39 is 0 Å². The van der Waals surface area contributed by atoms with Crippen LogP contribution in [0.1, 0.15) is 22.3 Å². The van der Waals surface area contributed by atoms with Gasteiger partial charge in [0.25, 0.3) is 0 Å². The van der Waals surface area contributed by atoms with Crippen molar-refractivity contribution in [1.29, 1.82) is 0 Å². The van der Waals surface area contributed by atoms with Crippen LogP contribution in [0.4, 0.5) is 0 Å². The standard InChI is InChI=1S/C36H25ClO2/c37-33-18-14-26(15-19-33)11-12-27-13-16-30-22-31-17-20-35(38-24-28-7-3-1-4-8-28)36(34(31)23-32(30)21-27)39-25-29-9-5-2-6-10-29/h1-10,13-23H,24-25H2. The normalized spacial score (nSPS) is 10.7. The zero-order valence-corrected chi connectivity index (χ0v) is 22.0. The van der Waals surface area contributed by atoms with Gasteiger partial charge in [-0.3, -0.25) is 0 Å². The van der Waals surface area contributed by atoms with E-state index in [1.807, 2.05) is 66.7 Å². The average molecular weight is 525 g/mol. The lowest BCUT2D eigenvalue weighted by atomic mass is 10.0. The summed E-state index contributed by atoms with van der Waals surface area (Å²) in [7, 11) is 0. The molecule has 0 aliphatic rings. The zero-order chi connectivity index (χ0) is 26.4. The quantitative estimate of drug-likeness (QED) is 0.160. The molecule has 2 nitrogen and oxygen atoms in total. The minimum atomic E-state index is 0.451. The van der Waals surface area contributed by atoms with Crippen LogP contribution in [0.3, 0.4) is 0 Å². The molecule has 6 aromatic rings. The van der Waals surface area contributed by atoms with E-state index in [0.29, 0.717) is 18.2 Å². The van der Waals surface area contributed by atoms with Gasteiger partial charge in [0.1, 0.15) is 13.2 Å². The van der Waals surface area contributed by atoms with Crippen LogP contribution in [0.25, 0.3) is 21.5 Å². The third-order valence-corrected chi connectivity index (χ3v) is 6.80. The van der Waals surface area contributed by atoms with Gasteiger partial charge >= 0.3 is 0 Å². The number of rotatable bonds is 6. The predicted octanol–water partition coefficient (Wildman–Crippen LogP) is 9.20. The summed E-state index contributed by atoms with van der Waals surface area (Å²) < 4.78 is 12.8. The molecule has 6 aromatic carbocycles. The Kier molecular flexibility index (Phi) is 7.17. The lowest BCUT2D eigenvalue weighted by molar-refractivity contribution is 0.259. The molecule has 0 aliphatic heterocycles.